The summed E-state index contributed by atoms with van der Waals surface area (Å²) in [5, 5.41) is 4.94. The number of rotatable bonds is 8. The van der Waals surface area contributed by atoms with Gasteiger partial charge in [0, 0.05) is 17.7 Å². The zero-order valence-corrected chi connectivity index (χ0v) is 15.6. The quantitative estimate of drug-likeness (QED) is 0.204. The van der Waals surface area contributed by atoms with Crippen LogP contribution < -0.4 is 11.2 Å². The van der Waals surface area contributed by atoms with E-state index < -0.39 is 24.6 Å². The number of amides is 3. The maximum absolute atomic E-state index is 12.2. The van der Waals surface area contributed by atoms with E-state index in [9.17, 15) is 14.4 Å². The summed E-state index contributed by atoms with van der Waals surface area (Å²) < 4.78 is 10.4. The number of urea groups is 1. The van der Waals surface area contributed by atoms with Crippen molar-refractivity contribution in [2.45, 2.75) is 0 Å². The molecule has 2 heterocycles. The summed E-state index contributed by atoms with van der Waals surface area (Å²) >= 11 is 0. The molecule has 1 aromatic carbocycles. The summed E-state index contributed by atoms with van der Waals surface area (Å²) in [5.41, 5.74) is 8.52. The van der Waals surface area contributed by atoms with Crippen LogP contribution in [0.4, 0.5) is 10.5 Å². The van der Waals surface area contributed by atoms with E-state index in [0.717, 1.165) is 21.2 Å². The third-order valence-electron chi connectivity index (χ3n) is 3.96. The van der Waals surface area contributed by atoms with E-state index in [-0.39, 0.29) is 13.1 Å². The summed E-state index contributed by atoms with van der Waals surface area (Å²) in [6.45, 7) is -1.10. The molecule has 2 aromatic rings. The Morgan fingerprint density at radius 3 is 2.72 bits per heavy atom. The number of hydrogen-bond donors (Lipinski definition) is 2. The van der Waals surface area contributed by atoms with Gasteiger partial charge in [0.1, 0.15) is 18.1 Å². The van der Waals surface area contributed by atoms with Crippen LogP contribution in [0, 0.1) is 0 Å². The van der Waals surface area contributed by atoms with Crippen LogP contribution in [0.15, 0.2) is 45.9 Å². The molecular weight excluding hydrogens is 382 g/mol. The number of nitrogens with zero attached hydrogens (tertiary/aromatic N) is 3. The molecule has 29 heavy (non-hydrogen) atoms. The minimum Gasteiger partial charge on any atom is -0.455 e. The third-order valence-corrected chi connectivity index (χ3v) is 3.96. The fraction of sp³-hybridized carbons (Fsp3) is 0.222. The van der Waals surface area contributed by atoms with Gasteiger partial charge in [-0.2, -0.15) is 10.6 Å². The number of hydrogen-bond acceptors (Lipinski definition) is 8. The topological polar surface area (TPSA) is 144 Å². The second kappa shape index (κ2) is 9.10. The van der Waals surface area contributed by atoms with Crippen molar-refractivity contribution in [2.75, 3.05) is 26.9 Å². The van der Waals surface area contributed by atoms with Gasteiger partial charge in [-0.05, 0) is 24.3 Å². The number of imide groups is 1. The van der Waals surface area contributed by atoms with E-state index in [2.05, 4.69) is 5.10 Å². The number of quaternary nitrogens is 1. The molecule has 1 fully saturated rings. The van der Waals surface area contributed by atoms with Crippen molar-refractivity contribution in [3.63, 3.8) is 0 Å². The van der Waals surface area contributed by atoms with Gasteiger partial charge in [0.05, 0.1) is 19.9 Å². The summed E-state index contributed by atoms with van der Waals surface area (Å²) in [4.78, 5) is 40.9. The number of carbonyl (C=O) groups is 3. The average molecular weight is 402 g/mol. The van der Waals surface area contributed by atoms with Crippen molar-refractivity contribution in [3.05, 3.63) is 42.2 Å². The molecule has 4 N–H and O–H groups in total. The minimum atomic E-state index is -0.719. The normalized spacial score (nSPS) is 14.3. The van der Waals surface area contributed by atoms with Crippen molar-refractivity contribution in [1.82, 2.24) is 9.91 Å². The highest BCUT2D eigenvalue weighted by Gasteiger charge is 2.36. The first-order chi connectivity index (χ1) is 14.0. The molecule has 0 unspecified atom stereocenters. The highest BCUT2D eigenvalue weighted by molar-refractivity contribution is 6.02. The van der Waals surface area contributed by atoms with Crippen molar-refractivity contribution in [2.24, 2.45) is 10.8 Å². The smallest absolute Gasteiger partial charge is 0.350 e. The second-order valence-corrected chi connectivity index (χ2v) is 5.93. The molecule has 152 valence electrons. The lowest BCUT2D eigenvalue weighted by Gasteiger charge is -2.13. The molecule has 11 heteroatoms. The molecule has 3 amide bonds. The maximum Gasteiger partial charge on any atom is 0.350 e. The van der Waals surface area contributed by atoms with Crippen molar-refractivity contribution >= 4 is 29.8 Å². The van der Waals surface area contributed by atoms with Gasteiger partial charge in [-0.25, -0.2) is 19.5 Å². The highest BCUT2D eigenvalue weighted by atomic mass is 16.6. The van der Waals surface area contributed by atoms with E-state index in [1.165, 1.54) is 6.21 Å². The Balaban J connectivity index is 1.62. The standard InChI is InChI=1S/C18H19N5O6/c1-27-21-13-4-2-12(3-5-13)15-7-6-14(29-15)9-20-23-10-16(24)22(18(23)26)11-28-17(25)8-19/h2-7,9,21H,8,10-11,19H2,1H3/p+1/b20-9+. The van der Waals surface area contributed by atoms with Gasteiger partial charge >= 0.3 is 12.0 Å². The zero-order chi connectivity index (χ0) is 20.8. The Morgan fingerprint density at radius 1 is 1.28 bits per heavy atom. The van der Waals surface area contributed by atoms with Gasteiger partial charge in [0.25, 0.3) is 5.91 Å². The van der Waals surface area contributed by atoms with Crippen LogP contribution in [-0.4, -0.2) is 61.0 Å². The van der Waals surface area contributed by atoms with Gasteiger partial charge in [-0.1, -0.05) is 0 Å². The maximum atomic E-state index is 12.2. The fourth-order valence-corrected chi connectivity index (χ4v) is 2.51. The molecule has 11 nitrogen and oxygen atoms in total. The SMILES string of the molecule is CO[NH2+]c1ccc(-c2ccc(/C=N/N3CC(=O)N(COC(=O)CN)C3=O)o2)cc1. The van der Waals surface area contributed by atoms with Gasteiger partial charge in [-0.15, -0.1) is 0 Å². The Morgan fingerprint density at radius 2 is 2.03 bits per heavy atom. The first-order valence-electron chi connectivity index (χ1n) is 8.59. The van der Waals surface area contributed by atoms with Crippen LogP contribution in [0.3, 0.4) is 0 Å². The van der Waals surface area contributed by atoms with Crippen molar-refractivity contribution in [1.29, 1.82) is 0 Å². The minimum absolute atomic E-state index is 0.263. The molecule has 3 rings (SSSR count). The number of hydrazone groups is 1. The molecule has 0 atom stereocenters. The molecule has 0 saturated carbocycles. The lowest BCUT2D eigenvalue weighted by atomic mass is 10.1. The Hall–Kier alpha value is -3.54. The largest absolute Gasteiger partial charge is 0.455 e. The van der Waals surface area contributed by atoms with Gasteiger partial charge in [0.2, 0.25) is 0 Å². The molecule has 0 bridgehead atoms. The fourth-order valence-electron chi connectivity index (χ4n) is 2.51. The van der Waals surface area contributed by atoms with Gasteiger partial charge < -0.3 is 14.9 Å². The summed E-state index contributed by atoms with van der Waals surface area (Å²) in [6, 6.07) is 10.3. The van der Waals surface area contributed by atoms with Crippen molar-refractivity contribution < 1.29 is 33.9 Å². The first-order valence-corrected chi connectivity index (χ1v) is 8.59. The number of furan rings is 1. The first kappa shape index (κ1) is 20.2. The molecule has 0 aliphatic carbocycles. The molecule has 1 aromatic heterocycles. The van der Waals surface area contributed by atoms with Crippen LogP contribution in [0.25, 0.3) is 11.3 Å². The van der Waals surface area contributed by atoms with Gasteiger partial charge in [0.15, 0.2) is 12.4 Å². The van der Waals surface area contributed by atoms with E-state index >= 15 is 0 Å². The van der Waals surface area contributed by atoms with Gasteiger partial charge in [-0.3, -0.25) is 9.59 Å². The molecule has 1 aliphatic heterocycles. The molecule has 1 aliphatic rings. The average Bonchev–Trinajstić information content (AvgIpc) is 3.30. The Kier molecular flexibility index (Phi) is 6.34. The second-order valence-electron chi connectivity index (χ2n) is 5.93. The number of benzene rings is 1. The third kappa shape index (κ3) is 4.85. The van der Waals surface area contributed by atoms with Crippen LogP contribution in [-0.2, 0) is 19.2 Å². The number of carbonyl (C=O) groups excluding carboxylic acids is 3. The van der Waals surface area contributed by atoms with E-state index in [0.29, 0.717) is 11.5 Å². The molecule has 1 saturated heterocycles. The van der Waals surface area contributed by atoms with Crippen LogP contribution in [0.5, 0.6) is 0 Å². The summed E-state index contributed by atoms with van der Waals surface area (Å²) in [5.74, 6) is -0.232. The Labute approximate surface area is 165 Å². The Bertz CT molecular complexity index is 923. The van der Waals surface area contributed by atoms with E-state index in [1.54, 1.807) is 24.7 Å². The lowest BCUT2D eigenvalue weighted by molar-refractivity contribution is -0.830. The highest BCUT2D eigenvalue weighted by Crippen LogP contribution is 2.22. The van der Waals surface area contributed by atoms with Crippen LogP contribution >= 0.6 is 0 Å². The summed E-state index contributed by atoms with van der Waals surface area (Å²) in [6.07, 6.45) is 1.33. The lowest BCUT2D eigenvalue weighted by Crippen LogP contribution is -2.75. The van der Waals surface area contributed by atoms with E-state index in [4.69, 9.17) is 19.7 Å². The monoisotopic (exact) mass is 402 g/mol. The zero-order valence-electron chi connectivity index (χ0n) is 15.6. The predicted octanol–water partition coefficient (Wildman–Crippen LogP) is -0.240. The molecular formula is C18H20N5O6+. The summed E-state index contributed by atoms with van der Waals surface area (Å²) in [7, 11) is 1.58. The van der Waals surface area contributed by atoms with E-state index in [1.807, 2.05) is 24.3 Å². The van der Waals surface area contributed by atoms with Crippen LogP contribution in [0.2, 0.25) is 0 Å². The number of nitrogens with two attached hydrogens (primary N) is 2. The number of ether oxygens (including phenoxy) is 1. The number of esters is 1. The van der Waals surface area contributed by atoms with Crippen molar-refractivity contribution in [3.8, 4) is 11.3 Å². The van der Waals surface area contributed by atoms with Crippen LogP contribution in [0.1, 0.15) is 5.76 Å². The molecule has 0 spiro atoms. The predicted molar refractivity (Wildman–Crippen MR) is 99.3 cm³/mol. The molecule has 0 radical (unpaired) electrons.